The van der Waals surface area contributed by atoms with Crippen LogP contribution in [0.15, 0.2) is 42.5 Å². The van der Waals surface area contributed by atoms with Crippen molar-refractivity contribution in [1.82, 2.24) is 9.88 Å². The summed E-state index contributed by atoms with van der Waals surface area (Å²) in [5.41, 5.74) is 1.32. The molecule has 4 nitrogen and oxygen atoms in total. The van der Waals surface area contributed by atoms with Crippen molar-refractivity contribution >= 4 is 27.5 Å². The molecule has 0 atom stereocenters. The Kier molecular flexibility index (Phi) is 4.59. The number of fused-ring (bicyclic) bond motifs is 1. The maximum Gasteiger partial charge on any atom is 0.257 e. The van der Waals surface area contributed by atoms with Gasteiger partial charge < -0.3 is 9.64 Å². The number of benzene rings is 2. The standard InChI is InChI=1S/C20H19FN2O2S/c1-25-17-7-6-14(21)12-15(17)20(24)23-10-8-13(9-11-23)19-22-16-4-2-3-5-18(16)26-19/h2-7,12-13H,8-11H2,1H3. The molecule has 0 unspecified atom stereocenters. The minimum absolute atomic E-state index is 0.177. The molecule has 1 aliphatic heterocycles. The summed E-state index contributed by atoms with van der Waals surface area (Å²) in [6.45, 7) is 1.28. The Labute approximate surface area is 155 Å². The zero-order valence-electron chi connectivity index (χ0n) is 14.4. The van der Waals surface area contributed by atoms with Crippen molar-refractivity contribution in [2.75, 3.05) is 20.2 Å². The lowest BCUT2D eigenvalue weighted by molar-refractivity contribution is 0.0709. The number of aromatic nitrogens is 1. The molecule has 1 fully saturated rings. The number of amides is 1. The number of carbonyl (C=O) groups is 1. The highest BCUT2D eigenvalue weighted by Gasteiger charge is 2.28. The number of rotatable bonds is 3. The lowest BCUT2D eigenvalue weighted by atomic mass is 9.97. The molecule has 0 N–H and O–H groups in total. The van der Waals surface area contributed by atoms with Gasteiger partial charge in [0, 0.05) is 19.0 Å². The molecule has 0 saturated carbocycles. The minimum Gasteiger partial charge on any atom is -0.496 e. The Morgan fingerprint density at radius 3 is 2.73 bits per heavy atom. The van der Waals surface area contributed by atoms with Crippen LogP contribution in [-0.2, 0) is 0 Å². The normalized spacial score (nSPS) is 15.4. The summed E-state index contributed by atoms with van der Waals surface area (Å²) in [6, 6.07) is 12.2. The van der Waals surface area contributed by atoms with E-state index < -0.39 is 5.82 Å². The first kappa shape index (κ1) is 17.0. The first-order chi connectivity index (χ1) is 12.7. The molecule has 1 aliphatic rings. The molecule has 4 rings (SSSR count). The maximum absolute atomic E-state index is 13.6. The molecular weight excluding hydrogens is 351 g/mol. The van der Waals surface area contributed by atoms with Crippen LogP contribution in [0.5, 0.6) is 5.75 Å². The van der Waals surface area contributed by atoms with E-state index in [2.05, 4.69) is 6.07 Å². The van der Waals surface area contributed by atoms with Gasteiger partial charge in [-0.25, -0.2) is 9.37 Å². The Balaban J connectivity index is 1.48. The third-order valence-corrected chi connectivity index (χ3v) is 6.03. The van der Waals surface area contributed by atoms with Gasteiger partial charge in [0.2, 0.25) is 0 Å². The number of thiazole rings is 1. The smallest absolute Gasteiger partial charge is 0.257 e. The van der Waals surface area contributed by atoms with E-state index >= 15 is 0 Å². The lowest BCUT2D eigenvalue weighted by Gasteiger charge is -2.31. The van der Waals surface area contributed by atoms with Crippen LogP contribution in [0.1, 0.15) is 34.1 Å². The van der Waals surface area contributed by atoms with Crippen molar-refractivity contribution in [3.63, 3.8) is 0 Å². The predicted octanol–water partition coefficient (Wildman–Crippen LogP) is 4.46. The summed E-state index contributed by atoms with van der Waals surface area (Å²) in [7, 11) is 1.49. The van der Waals surface area contributed by atoms with Crippen molar-refractivity contribution < 1.29 is 13.9 Å². The van der Waals surface area contributed by atoms with E-state index in [9.17, 15) is 9.18 Å². The van der Waals surface area contributed by atoms with E-state index in [4.69, 9.17) is 9.72 Å². The Hall–Kier alpha value is -2.47. The van der Waals surface area contributed by atoms with Gasteiger partial charge in [-0.3, -0.25) is 4.79 Å². The molecular formula is C20H19FN2O2S. The number of carbonyl (C=O) groups excluding carboxylic acids is 1. The average Bonchev–Trinajstić information content (AvgIpc) is 3.12. The molecule has 1 saturated heterocycles. The number of ether oxygens (including phenoxy) is 1. The highest BCUT2D eigenvalue weighted by atomic mass is 32.1. The maximum atomic E-state index is 13.6. The fourth-order valence-corrected chi connectivity index (χ4v) is 4.55. The van der Waals surface area contributed by atoms with E-state index in [1.807, 2.05) is 18.2 Å². The zero-order chi connectivity index (χ0) is 18.1. The summed E-state index contributed by atoms with van der Waals surface area (Å²) in [5, 5.41) is 1.14. The van der Waals surface area contributed by atoms with Gasteiger partial charge in [0.1, 0.15) is 11.6 Å². The topological polar surface area (TPSA) is 42.4 Å². The zero-order valence-corrected chi connectivity index (χ0v) is 15.3. The SMILES string of the molecule is COc1ccc(F)cc1C(=O)N1CCC(c2nc3ccccc3s2)CC1. The summed E-state index contributed by atoms with van der Waals surface area (Å²) < 4.78 is 20.0. The Morgan fingerprint density at radius 2 is 2.00 bits per heavy atom. The van der Waals surface area contributed by atoms with Gasteiger partial charge in [0.15, 0.2) is 0 Å². The highest BCUT2D eigenvalue weighted by molar-refractivity contribution is 7.18. The van der Waals surface area contributed by atoms with E-state index in [1.54, 1.807) is 16.2 Å². The lowest BCUT2D eigenvalue weighted by Crippen LogP contribution is -2.38. The van der Waals surface area contributed by atoms with Crippen molar-refractivity contribution in [3.8, 4) is 5.75 Å². The molecule has 2 aromatic carbocycles. The summed E-state index contributed by atoms with van der Waals surface area (Å²) in [4.78, 5) is 19.3. The molecule has 2 heterocycles. The first-order valence-corrected chi connectivity index (χ1v) is 9.45. The second kappa shape index (κ2) is 7.03. The number of para-hydroxylation sites is 1. The van der Waals surface area contributed by atoms with Crippen LogP contribution in [0.2, 0.25) is 0 Å². The number of likely N-dealkylation sites (tertiary alicyclic amines) is 1. The van der Waals surface area contributed by atoms with Gasteiger partial charge >= 0.3 is 0 Å². The van der Waals surface area contributed by atoms with E-state index in [0.29, 0.717) is 24.8 Å². The molecule has 0 aliphatic carbocycles. The predicted molar refractivity (Wildman–Crippen MR) is 100 cm³/mol. The number of halogens is 1. The van der Waals surface area contributed by atoms with Gasteiger partial charge in [-0.05, 0) is 43.2 Å². The Bertz CT molecular complexity index is 915. The molecule has 3 aromatic rings. The number of hydrogen-bond donors (Lipinski definition) is 0. The van der Waals surface area contributed by atoms with Crippen LogP contribution in [0.3, 0.4) is 0 Å². The van der Waals surface area contributed by atoms with Gasteiger partial charge in [-0.1, -0.05) is 12.1 Å². The fourth-order valence-electron chi connectivity index (χ4n) is 3.41. The quantitative estimate of drug-likeness (QED) is 0.683. The van der Waals surface area contributed by atoms with Gasteiger partial charge in [0.25, 0.3) is 5.91 Å². The minimum atomic E-state index is -0.432. The van der Waals surface area contributed by atoms with Gasteiger partial charge in [-0.2, -0.15) is 0 Å². The van der Waals surface area contributed by atoms with Crippen LogP contribution < -0.4 is 4.74 Å². The van der Waals surface area contributed by atoms with Crippen LogP contribution in [0.4, 0.5) is 4.39 Å². The average molecular weight is 370 g/mol. The van der Waals surface area contributed by atoms with Crippen LogP contribution >= 0.6 is 11.3 Å². The monoisotopic (exact) mass is 370 g/mol. The molecule has 6 heteroatoms. The molecule has 0 spiro atoms. The first-order valence-electron chi connectivity index (χ1n) is 8.64. The fraction of sp³-hybridized carbons (Fsp3) is 0.300. The second-order valence-electron chi connectivity index (χ2n) is 6.43. The van der Waals surface area contributed by atoms with Gasteiger partial charge in [-0.15, -0.1) is 11.3 Å². The third-order valence-electron chi connectivity index (χ3n) is 4.83. The molecule has 134 valence electrons. The summed E-state index contributed by atoms with van der Waals surface area (Å²) >= 11 is 1.73. The van der Waals surface area contributed by atoms with Crippen LogP contribution in [-0.4, -0.2) is 36.0 Å². The summed E-state index contributed by atoms with van der Waals surface area (Å²) in [6.07, 6.45) is 1.73. The number of nitrogens with zero attached hydrogens (tertiary/aromatic N) is 2. The van der Waals surface area contributed by atoms with Crippen LogP contribution in [0.25, 0.3) is 10.2 Å². The number of piperidine rings is 1. The Morgan fingerprint density at radius 1 is 1.23 bits per heavy atom. The largest absolute Gasteiger partial charge is 0.496 e. The van der Waals surface area contributed by atoms with Crippen molar-refractivity contribution in [2.45, 2.75) is 18.8 Å². The van der Waals surface area contributed by atoms with Crippen molar-refractivity contribution in [1.29, 1.82) is 0 Å². The summed E-state index contributed by atoms with van der Waals surface area (Å²) in [5.74, 6) is 0.165. The van der Waals surface area contributed by atoms with Crippen molar-refractivity contribution in [3.05, 3.63) is 58.9 Å². The number of hydrogen-bond acceptors (Lipinski definition) is 4. The third kappa shape index (κ3) is 3.17. The van der Waals surface area contributed by atoms with E-state index in [0.717, 1.165) is 23.4 Å². The molecule has 1 amide bonds. The highest BCUT2D eigenvalue weighted by Crippen LogP contribution is 2.34. The molecule has 0 radical (unpaired) electrons. The van der Waals surface area contributed by atoms with Gasteiger partial charge in [0.05, 0.1) is 27.9 Å². The van der Waals surface area contributed by atoms with E-state index in [1.165, 1.54) is 30.0 Å². The molecule has 0 bridgehead atoms. The second-order valence-corrected chi connectivity index (χ2v) is 7.49. The van der Waals surface area contributed by atoms with E-state index in [-0.39, 0.29) is 11.5 Å². The van der Waals surface area contributed by atoms with Crippen LogP contribution in [0, 0.1) is 5.82 Å². The van der Waals surface area contributed by atoms with Crippen molar-refractivity contribution in [2.24, 2.45) is 0 Å². The molecule has 1 aromatic heterocycles. The molecule has 26 heavy (non-hydrogen) atoms. The number of methoxy groups -OCH3 is 1.